The van der Waals surface area contributed by atoms with Crippen LogP contribution in [0.4, 0.5) is 11.6 Å². The molecule has 0 bridgehead atoms. The van der Waals surface area contributed by atoms with Gasteiger partial charge in [0, 0.05) is 32.1 Å². The first-order valence-corrected chi connectivity index (χ1v) is 8.79. The first-order chi connectivity index (χ1) is 9.46. The molecule has 1 aromatic rings. The van der Waals surface area contributed by atoms with Crippen molar-refractivity contribution in [3.8, 4) is 0 Å². The summed E-state index contributed by atoms with van der Waals surface area (Å²) in [5.74, 6) is 2.91. The van der Waals surface area contributed by atoms with E-state index in [9.17, 15) is 8.42 Å². The molecule has 1 aromatic heterocycles. The number of nitrogens with zero attached hydrogens (tertiary/aromatic N) is 3. The van der Waals surface area contributed by atoms with Gasteiger partial charge in [0.15, 0.2) is 9.84 Å². The molecule has 1 N–H and O–H groups in total. The summed E-state index contributed by atoms with van der Waals surface area (Å²) in [5, 5.41) is 3.09. The van der Waals surface area contributed by atoms with Crippen LogP contribution in [0.3, 0.4) is 0 Å². The molecule has 0 unspecified atom stereocenters. The number of rotatable bonds is 4. The fraction of sp³-hybridized carbons (Fsp3) is 0.692. The summed E-state index contributed by atoms with van der Waals surface area (Å²) in [5.41, 5.74) is 0.978. The molecule has 1 aliphatic heterocycles. The minimum Gasteiger partial charge on any atom is -0.373 e. The smallest absolute Gasteiger partial charge is 0.153 e. The minimum absolute atomic E-state index is 0.203. The highest BCUT2D eigenvalue weighted by molar-refractivity contribution is 7.91. The lowest BCUT2D eigenvalue weighted by Crippen LogP contribution is -2.41. The molecule has 1 aliphatic rings. The summed E-state index contributed by atoms with van der Waals surface area (Å²) >= 11 is 0. The molecule has 0 amide bonds. The van der Waals surface area contributed by atoms with Crippen LogP contribution in [-0.4, -0.2) is 50.0 Å². The molecule has 1 saturated heterocycles. The highest BCUT2D eigenvalue weighted by Gasteiger charge is 2.24. The molecule has 0 spiro atoms. The van der Waals surface area contributed by atoms with E-state index in [-0.39, 0.29) is 11.5 Å². The van der Waals surface area contributed by atoms with E-state index >= 15 is 0 Å². The molecule has 0 atom stereocenters. The first-order valence-electron chi connectivity index (χ1n) is 6.97. The normalized spacial score (nSPS) is 18.1. The van der Waals surface area contributed by atoms with Crippen LogP contribution in [0.2, 0.25) is 0 Å². The van der Waals surface area contributed by atoms with E-state index in [4.69, 9.17) is 0 Å². The molecular formula is C13H22N4O2S. The fourth-order valence-corrected chi connectivity index (χ4v) is 3.56. The van der Waals surface area contributed by atoms with Gasteiger partial charge in [0.05, 0.1) is 11.5 Å². The molecule has 0 aliphatic carbocycles. The molecule has 7 heteroatoms. The number of anilines is 2. The van der Waals surface area contributed by atoms with Crippen molar-refractivity contribution in [2.24, 2.45) is 0 Å². The summed E-state index contributed by atoms with van der Waals surface area (Å²) in [6, 6.07) is 0. The standard InChI is InChI=1S/C13H22N4O2S/c1-4-5-11-15-12(14-3)10(2)13(16-11)17-6-8-20(18,19)9-7-17/h4-9H2,1-3H3,(H,14,15,16). The molecule has 0 radical (unpaired) electrons. The van der Waals surface area contributed by atoms with Gasteiger partial charge in [0.1, 0.15) is 17.5 Å². The molecule has 1 fully saturated rings. The van der Waals surface area contributed by atoms with Gasteiger partial charge < -0.3 is 10.2 Å². The summed E-state index contributed by atoms with van der Waals surface area (Å²) in [7, 11) is -1.03. The van der Waals surface area contributed by atoms with E-state index in [2.05, 4.69) is 27.1 Å². The van der Waals surface area contributed by atoms with Gasteiger partial charge in [-0.25, -0.2) is 18.4 Å². The number of hydrogen-bond donors (Lipinski definition) is 1. The number of sulfone groups is 1. The summed E-state index contributed by atoms with van der Waals surface area (Å²) in [4.78, 5) is 11.2. The Morgan fingerprint density at radius 3 is 2.45 bits per heavy atom. The maximum absolute atomic E-state index is 11.5. The van der Waals surface area contributed by atoms with Crippen LogP contribution >= 0.6 is 0 Å². The Kier molecular flexibility index (Phi) is 4.47. The van der Waals surface area contributed by atoms with Crippen molar-refractivity contribution in [3.05, 3.63) is 11.4 Å². The number of aromatic nitrogens is 2. The van der Waals surface area contributed by atoms with Crippen LogP contribution in [0.15, 0.2) is 0 Å². The SMILES string of the molecule is CCCc1nc(NC)c(C)c(N2CCS(=O)(=O)CC2)n1. The lowest BCUT2D eigenvalue weighted by Gasteiger charge is -2.29. The van der Waals surface area contributed by atoms with Crippen LogP contribution < -0.4 is 10.2 Å². The zero-order valence-electron chi connectivity index (χ0n) is 12.3. The van der Waals surface area contributed by atoms with Crippen LogP contribution in [0.5, 0.6) is 0 Å². The van der Waals surface area contributed by atoms with Gasteiger partial charge in [0.25, 0.3) is 0 Å². The summed E-state index contributed by atoms with van der Waals surface area (Å²) in [6.07, 6.45) is 1.81. The first kappa shape index (κ1) is 15.0. The largest absolute Gasteiger partial charge is 0.373 e. The van der Waals surface area contributed by atoms with Gasteiger partial charge in [-0.3, -0.25) is 0 Å². The second-order valence-electron chi connectivity index (χ2n) is 5.08. The third-order valence-electron chi connectivity index (χ3n) is 3.52. The van der Waals surface area contributed by atoms with Gasteiger partial charge in [-0.15, -0.1) is 0 Å². The minimum atomic E-state index is -2.87. The second-order valence-corrected chi connectivity index (χ2v) is 7.38. The topological polar surface area (TPSA) is 75.2 Å². The average molecular weight is 298 g/mol. The Balaban J connectivity index is 2.32. The predicted octanol–water partition coefficient (Wildman–Crippen LogP) is 1.01. The Bertz CT molecular complexity index is 572. The Labute approximate surface area is 120 Å². The van der Waals surface area contributed by atoms with E-state index in [1.165, 1.54) is 0 Å². The fourth-order valence-electron chi connectivity index (χ4n) is 2.36. The monoisotopic (exact) mass is 298 g/mol. The van der Waals surface area contributed by atoms with E-state index in [1.807, 2.05) is 14.0 Å². The molecular weight excluding hydrogens is 276 g/mol. The molecule has 0 aromatic carbocycles. The van der Waals surface area contributed by atoms with Crippen molar-refractivity contribution < 1.29 is 8.42 Å². The molecule has 6 nitrogen and oxygen atoms in total. The van der Waals surface area contributed by atoms with Gasteiger partial charge in [-0.05, 0) is 13.3 Å². The maximum Gasteiger partial charge on any atom is 0.153 e. The third-order valence-corrected chi connectivity index (χ3v) is 5.13. The zero-order chi connectivity index (χ0) is 14.8. The van der Waals surface area contributed by atoms with Crippen molar-refractivity contribution >= 4 is 21.5 Å². The van der Waals surface area contributed by atoms with Crippen LogP contribution in [-0.2, 0) is 16.3 Å². The van der Waals surface area contributed by atoms with Crippen LogP contribution in [0.25, 0.3) is 0 Å². The Morgan fingerprint density at radius 2 is 1.90 bits per heavy atom. The van der Waals surface area contributed by atoms with Crippen LogP contribution in [0.1, 0.15) is 24.7 Å². The molecule has 0 saturated carbocycles. The van der Waals surface area contributed by atoms with Crippen molar-refractivity contribution in [1.29, 1.82) is 0 Å². The van der Waals surface area contributed by atoms with Crippen LogP contribution in [0, 0.1) is 6.92 Å². The number of nitrogens with one attached hydrogen (secondary N) is 1. The highest BCUT2D eigenvalue weighted by atomic mass is 32.2. The second kappa shape index (κ2) is 5.95. The van der Waals surface area contributed by atoms with Crippen molar-refractivity contribution in [1.82, 2.24) is 9.97 Å². The average Bonchev–Trinajstić information content (AvgIpc) is 2.41. The van der Waals surface area contributed by atoms with Gasteiger partial charge in [0.2, 0.25) is 0 Å². The number of hydrogen-bond acceptors (Lipinski definition) is 6. The van der Waals surface area contributed by atoms with E-state index in [0.29, 0.717) is 13.1 Å². The molecule has 2 heterocycles. The molecule has 112 valence electrons. The summed E-state index contributed by atoms with van der Waals surface area (Å²) in [6.45, 7) is 5.08. The van der Waals surface area contributed by atoms with Gasteiger partial charge >= 0.3 is 0 Å². The van der Waals surface area contributed by atoms with Gasteiger partial charge in [-0.2, -0.15) is 0 Å². The predicted molar refractivity (Wildman–Crippen MR) is 81.2 cm³/mol. The van der Waals surface area contributed by atoms with Crippen molar-refractivity contribution in [2.75, 3.05) is 41.9 Å². The quantitative estimate of drug-likeness (QED) is 0.894. The molecule has 2 rings (SSSR count). The Hall–Kier alpha value is -1.37. The van der Waals surface area contributed by atoms with Gasteiger partial charge in [-0.1, -0.05) is 6.92 Å². The van der Waals surface area contributed by atoms with E-state index in [0.717, 1.165) is 35.9 Å². The van der Waals surface area contributed by atoms with Crippen molar-refractivity contribution in [3.63, 3.8) is 0 Å². The van der Waals surface area contributed by atoms with Crippen molar-refractivity contribution in [2.45, 2.75) is 26.7 Å². The molecule has 20 heavy (non-hydrogen) atoms. The van der Waals surface area contributed by atoms with E-state index in [1.54, 1.807) is 0 Å². The van der Waals surface area contributed by atoms with E-state index < -0.39 is 9.84 Å². The Morgan fingerprint density at radius 1 is 1.25 bits per heavy atom. The highest BCUT2D eigenvalue weighted by Crippen LogP contribution is 2.25. The zero-order valence-corrected chi connectivity index (χ0v) is 13.1. The summed E-state index contributed by atoms with van der Waals surface area (Å²) < 4.78 is 23.1. The third kappa shape index (κ3) is 3.20. The maximum atomic E-state index is 11.5. The number of aryl methyl sites for hydroxylation is 1. The lowest BCUT2D eigenvalue weighted by molar-refractivity contribution is 0.586. The lowest BCUT2D eigenvalue weighted by atomic mass is 10.2.